The number of carbonyl (C=O) groups excluding carboxylic acids is 1. The first kappa shape index (κ1) is 16.5. The van der Waals surface area contributed by atoms with Crippen molar-refractivity contribution in [1.29, 1.82) is 10.5 Å². The summed E-state index contributed by atoms with van der Waals surface area (Å²) in [7, 11) is 1.56. The molecule has 0 unspecified atom stereocenters. The fraction of sp³-hybridized carbons (Fsp3) is 0.0625. The van der Waals surface area contributed by atoms with E-state index in [-0.39, 0.29) is 17.3 Å². The standard InChI is InChI=1S/C16H12N6O2/c1-24-14-5-2-11(3-6-14)20-16(23)15-7-4-12(10-19-15)21-22-13(8-17)9-18/h2-7,10,21H,1H3,(H,20,23). The van der Waals surface area contributed by atoms with Gasteiger partial charge in [0.25, 0.3) is 5.91 Å². The Bertz CT molecular complexity index is 813. The lowest BCUT2D eigenvalue weighted by molar-refractivity contribution is 0.102. The Balaban J connectivity index is 2.02. The van der Waals surface area contributed by atoms with E-state index in [2.05, 4.69) is 20.8 Å². The molecule has 0 saturated heterocycles. The van der Waals surface area contributed by atoms with Gasteiger partial charge in [-0.05, 0) is 36.4 Å². The van der Waals surface area contributed by atoms with E-state index in [1.807, 2.05) is 0 Å². The zero-order chi connectivity index (χ0) is 17.4. The third-order valence-corrected chi connectivity index (χ3v) is 2.85. The van der Waals surface area contributed by atoms with Gasteiger partial charge in [0.2, 0.25) is 5.71 Å². The van der Waals surface area contributed by atoms with Crippen LogP contribution in [0.4, 0.5) is 11.4 Å². The molecule has 1 aromatic carbocycles. The Labute approximate surface area is 138 Å². The fourth-order valence-corrected chi connectivity index (χ4v) is 1.66. The zero-order valence-electron chi connectivity index (χ0n) is 12.6. The van der Waals surface area contributed by atoms with Crippen molar-refractivity contribution in [2.24, 2.45) is 5.10 Å². The second-order valence-electron chi connectivity index (χ2n) is 4.41. The number of anilines is 2. The number of rotatable bonds is 5. The first-order valence-electron chi connectivity index (χ1n) is 6.71. The number of benzene rings is 1. The van der Waals surface area contributed by atoms with Crippen LogP contribution in [-0.4, -0.2) is 23.7 Å². The maximum absolute atomic E-state index is 12.1. The number of carbonyl (C=O) groups is 1. The molecule has 0 aliphatic rings. The van der Waals surface area contributed by atoms with Crippen molar-refractivity contribution >= 4 is 23.0 Å². The van der Waals surface area contributed by atoms with E-state index in [4.69, 9.17) is 15.3 Å². The van der Waals surface area contributed by atoms with Gasteiger partial charge in [-0.15, -0.1) is 0 Å². The van der Waals surface area contributed by atoms with Crippen molar-refractivity contribution in [3.8, 4) is 17.9 Å². The van der Waals surface area contributed by atoms with Gasteiger partial charge in [0.15, 0.2) is 0 Å². The average Bonchev–Trinajstić information content (AvgIpc) is 2.63. The summed E-state index contributed by atoms with van der Waals surface area (Å²) in [6, 6.07) is 13.2. The van der Waals surface area contributed by atoms with Crippen LogP contribution < -0.4 is 15.5 Å². The molecule has 1 aromatic heterocycles. The number of aromatic nitrogens is 1. The Hall–Kier alpha value is -3.91. The van der Waals surface area contributed by atoms with Gasteiger partial charge in [0.1, 0.15) is 23.6 Å². The average molecular weight is 320 g/mol. The molecule has 2 rings (SSSR count). The minimum atomic E-state index is -0.370. The summed E-state index contributed by atoms with van der Waals surface area (Å²) in [6.07, 6.45) is 1.37. The van der Waals surface area contributed by atoms with Crippen LogP contribution in [0.5, 0.6) is 5.75 Å². The summed E-state index contributed by atoms with van der Waals surface area (Å²) in [5.41, 5.74) is 3.47. The van der Waals surface area contributed by atoms with Crippen LogP contribution in [-0.2, 0) is 0 Å². The topological polar surface area (TPSA) is 123 Å². The van der Waals surface area contributed by atoms with E-state index >= 15 is 0 Å². The van der Waals surface area contributed by atoms with Gasteiger partial charge in [-0.2, -0.15) is 15.6 Å². The highest BCUT2D eigenvalue weighted by Gasteiger charge is 2.08. The maximum atomic E-state index is 12.1. The van der Waals surface area contributed by atoms with Gasteiger partial charge in [0.05, 0.1) is 19.0 Å². The van der Waals surface area contributed by atoms with Crippen LogP contribution in [0.15, 0.2) is 47.7 Å². The second kappa shape index (κ2) is 7.92. The number of nitrogens with zero attached hydrogens (tertiary/aromatic N) is 4. The Morgan fingerprint density at radius 3 is 2.33 bits per heavy atom. The van der Waals surface area contributed by atoms with E-state index in [0.717, 1.165) is 0 Å². The lowest BCUT2D eigenvalue weighted by Crippen LogP contribution is -2.13. The van der Waals surface area contributed by atoms with Gasteiger partial charge in [-0.3, -0.25) is 10.2 Å². The summed E-state index contributed by atoms with van der Waals surface area (Å²) in [5.74, 6) is 0.321. The van der Waals surface area contributed by atoms with Crippen LogP contribution in [0.25, 0.3) is 0 Å². The number of methoxy groups -OCH3 is 1. The van der Waals surface area contributed by atoms with Crippen LogP contribution in [0.2, 0.25) is 0 Å². The second-order valence-corrected chi connectivity index (χ2v) is 4.41. The lowest BCUT2D eigenvalue weighted by atomic mass is 10.2. The molecule has 0 radical (unpaired) electrons. The number of nitrogens with one attached hydrogen (secondary N) is 2. The van der Waals surface area contributed by atoms with Crippen molar-refractivity contribution in [3.63, 3.8) is 0 Å². The molecule has 0 bridgehead atoms. The molecular formula is C16H12N6O2. The molecule has 0 spiro atoms. The molecule has 2 aromatic rings. The fourth-order valence-electron chi connectivity index (χ4n) is 1.66. The molecule has 1 amide bonds. The predicted octanol–water partition coefficient (Wildman–Crippen LogP) is 2.16. The summed E-state index contributed by atoms with van der Waals surface area (Å²) in [4.78, 5) is 16.1. The molecule has 8 heteroatoms. The molecule has 0 aliphatic heterocycles. The van der Waals surface area contributed by atoms with E-state index in [1.165, 1.54) is 12.3 Å². The summed E-state index contributed by atoms with van der Waals surface area (Å²) in [5, 5.41) is 23.4. The van der Waals surface area contributed by atoms with Crippen molar-refractivity contribution in [3.05, 3.63) is 48.3 Å². The Kier molecular flexibility index (Phi) is 5.43. The normalized spacial score (nSPS) is 9.12. The Morgan fingerprint density at radius 2 is 1.79 bits per heavy atom. The van der Waals surface area contributed by atoms with E-state index < -0.39 is 0 Å². The highest BCUT2D eigenvalue weighted by Crippen LogP contribution is 2.16. The number of hydrogen-bond donors (Lipinski definition) is 2. The van der Waals surface area contributed by atoms with Crippen molar-refractivity contribution in [2.45, 2.75) is 0 Å². The summed E-state index contributed by atoms with van der Waals surface area (Å²) < 4.78 is 5.05. The molecular weight excluding hydrogens is 308 g/mol. The minimum absolute atomic E-state index is 0.209. The largest absolute Gasteiger partial charge is 0.497 e. The molecule has 0 atom stereocenters. The molecule has 118 valence electrons. The number of amides is 1. The van der Waals surface area contributed by atoms with Crippen LogP contribution in [0.1, 0.15) is 10.5 Å². The predicted molar refractivity (Wildman–Crippen MR) is 87.5 cm³/mol. The van der Waals surface area contributed by atoms with Crippen molar-refractivity contribution in [1.82, 2.24) is 4.98 Å². The van der Waals surface area contributed by atoms with Gasteiger partial charge in [-0.1, -0.05) is 0 Å². The molecule has 24 heavy (non-hydrogen) atoms. The summed E-state index contributed by atoms with van der Waals surface area (Å²) in [6.45, 7) is 0. The Morgan fingerprint density at radius 1 is 1.12 bits per heavy atom. The summed E-state index contributed by atoms with van der Waals surface area (Å²) >= 11 is 0. The highest BCUT2D eigenvalue weighted by molar-refractivity contribution is 6.10. The molecule has 0 saturated carbocycles. The van der Waals surface area contributed by atoms with E-state index in [9.17, 15) is 4.79 Å². The third-order valence-electron chi connectivity index (χ3n) is 2.85. The molecule has 8 nitrogen and oxygen atoms in total. The van der Waals surface area contributed by atoms with Crippen LogP contribution in [0, 0.1) is 22.7 Å². The minimum Gasteiger partial charge on any atom is -0.497 e. The number of nitriles is 2. The van der Waals surface area contributed by atoms with Gasteiger partial charge >= 0.3 is 0 Å². The van der Waals surface area contributed by atoms with Crippen molar-refractivity contribution < 1.29 is 9.53 Å². The molecule has 2 N–H and O–H groups in total. The highest BCUT2D eigenvalue weighted by atomic mass is 16.5. The number of hydrogen-bond acceptors (Lipinski definition) is 7. The van der Waals surface area contributed by atoms with E-state index in [1.54, 1.807) is 49.6 Å². The molecule has 0 aliphatic carbocycles. The molecule has 1 heterocycles. The van der Waals surface area contributed by atoms with Gasteiger partial charge < -0.3 is 10.1 Å². The van der Waals surface area contributed by atoms with Crippen LogP contribution in [0.3, 0.4) is 0 Å². The number of ether oxygens (including phenoxy) is 1. The quantitative estimate of drug-likeness (QED) is 0.642. The first-order chi connectivity index (χ1) is 11.7. The van der Waals surface area contributed by atoms with Crippen LogP contribution >= 0.6 is 0 Å². The van der Waals surface area contributed by atoms with Gasteiger partial charge in [-0.25, -0.2) is 4.98 Å². The number of pyridine rings is 1. The SMILES string of the molecule is COc1ccc(NC(=O)c2ccc(NN=C(C#N)C#N)cn2)cc1. The number of hydrazone groups is 1. The van der Waals surface area contributed by atoms with E-state index in [0.29, 0.717) is 17.1 Å². The monoisotopic (exact) mass is 320 g/mol. The molecule has 0 fully saturated rings. The third kappa shape index (κ3) is 4.29. The maximum Gasteiger partial charge on any atom is 0.274 e. The zero-order valence-corrected chi connectivity index (χ0v) is 12.6. The van der Waals surface area contributed by atoms with Crippen molar-refractivity contribution in [2.75, 3.05) is 17.9 Å². The lowest BCUT2D eigenvalue weighted by Gasteiger charge is -2.06. The van der Waals surface area contributed by atoms with Gasteiger partial charge in [0, 0.05) is 5.69 Å². The smallest absolute Gasteiger partial charge is 0.274 e. The first-order valence-corrected chi connectivity index (χ1v) is 6.71.